The van der Waals surface area contributed by atoms with E-state index in [-0.39, 0.29) is 11.7 Å². The molecule has 0 saturated heterocycles. The van der Waals surface area contributed by atoms with Crippen LogP contribution in [0.15, 0.2) is 46.9 Å². The largest absolute Gasteiger partial charge is 0.352 e. The maximum atomic E-state index is 13.4. The molecule has 20 heavy (non-hydrogen) atoms. The SMILES string of the molecule is O=C(NCCc1ccccc1F)c1ccc(Cl)c(Br)c1. The van der Waals surface area contributed by atoms with Crippen LogP contribution in [0.4, 0.5) is 4.39 Å². The van der Waals surface area contributed by atoms with Gasteiger partial charge < -0.3 is 5.32 Å². The molecule has 104 valence electrons. The van der Waals surface area contributed by atoms with Gasteiger partial charge in [-0.1, -0.05) is 29.8 Å². The van der Waals surface area contributed by atoms with E-state index in [1.807, 2.05) is 0 Å². The Morgan fingerprint density at radius 1 is 1.25 bits per heavy atom. The van der Waals surface area contributed by atoms with E-state index in [1.54, 1.807) is 36.4 Å². The normalized spacial score (nSPS) is 10.3. The quantitative estimate of drug-likeness (QED) is 0.873. The van der Waals surface area contributed by atoms with E-state index < -0.39 is 0 Å². The van der Waals surface area contributed by atoms with Crippen molar-refractivity contribution >= 4 is 33.4 Å². The van der Waals surface area contributed by atoms with Crippen molar-refractivity contribution < 1.29 is 9.18 Å². The Bertz CT molecular complexity index is 633. The van der Waals surface area contributed by atoms with E-state index >= 15 is 0 Å². The number of amides is 1. The van der Waals surface area contributed by atoms with Gasteiger partial charge in [0.05, 0.1) is 5.02 Å². The third-order valence-electron chi connectivity index (χ3n) is 2.82. The van der Waals surface area contributed by atoms with E-state index in [4.69, 9.17) is 11.6 Å². The fraction of sp³-hybridized carbons (Fsp3) is 0.133. The Morgan fingerprint density at radius 3 is 2.70 bits per heavy atom. The molecule has 0 aromatic heterocycles. The van der Waals surface area contributed by atoms with Crippen LogP contribution in [0.3, 0.4) is 0 Å². The monoisotopic (exact) mass is 355 g/mol. The summed E-state index contributed by atoms with van der Waals surface area (Å²) in [6.07, 6.45) is 0.452. The van der Waals surface area contributed by atoms with Gasteiger partial charge in [-0.2, -0.15) is 0 Å². The first kappa shape index (κ1) is 15.0. The van der Waals surface area contributed by atoms with Crippen LogP contribution in [0.5, 0.6) is 0 Å². The summed E-state index contributed by atoms with van der Waals surface area (Å²) >= 11 is 9.13. The Kier molecular flexibility index (Phi) is 5.15. The lowest BCUT2D eigenvalue weighted by Gasteiger charge is -2.07. The average Bonchev–Trinajstić information content (AvgIpc) is 2.44. The first-order valence-corrected chi connectivity index (χ1v) is 7.21. The summed E-state index contributed by atoms with van der Waals surface area (Å²) in [6.45, 7) is 0.375. The number of hydrogen-bond donors (Lipinski definition) is 1. The molecule has 0 fully saturated rings. The molecule has 1 amide bonds. The van der Waals surface area contributed by atoms with Crippen LogP contribution in [-0.4, -0.2) is 12.5 Å². The molecule has 0 heterocycles. The maximum Gasteiger partial charge on any atom is 0.251 e. The molecular formula is C15H12BrClFNO. The lowest BCUT2D eigenvalue weighted by Crippen LogP contribution is -2.25. The molecular weight excluding hydrogens is 345 g/mol. The van der Waals surface area contributed by atoms with Crippen LogP contribution >= 0.6 is 27.5 Å². The van der Waals surface area contributed by atoms with Crippen molar-refractivity contribution in [2.75, 3.05) is 6.54 Å². The zero-order valence-electron chi connectivity index (χ0n) is 10.5. The molecule has 2 rings (SSSR count). The Balaban J connectivity index is 1.92. The maximum absolute atomic E-state index is 13.4. The minimum atomic E-state index is -0.254. The summed E-state index contributed by atoms with van der Waals surface area (Å²) in [7, 11) is 0. The van der Waals surface area contributed by atoms with Gasteiger partial charge >= 0.3 is 0 Å². The van der Waals surface area contributed by atoms with Gasteiger partial charge in [-0.25, -0.2) is 4.39 Å². The van der Waals surface area contributed by atoms with E-state index in [2.05, 4.69) is 21.2 Å². The van der Waals surface area contributed by atoms with Gasteiger partial charge in [0.1, 0.15) is 5.82 Å². The molecule has 0 aliphatic rings. The number of benzene rings is 2. The Morgan fingerprint density at radius 2 is 2.00 bits per heavy atom. The fourth-order valence-electron chi connectivity index (χ4n) is 1.75. The van der Waals surface area contributed by atoms with Crippen molar-refractivity contribution in [3.05, 3.63) is 68.9 Å². The van der Waals surface area contributed by atoms with Gasteiger partial charge in [-0.15, -0.1) is 0 Å². The van der Waals surface area contributed by atoms with Crippen molar-refractivity contribution in [2.24, 2.45) is 0 Å². The molecule has 0 unspecified atom stereocenters. The van der Waals surface area contributed by atoms with Crippen LogP contribution in [-0.2, 0) is 6.42 Å². The zero-order chi connectivity index (χ0) is 14.5. The molecule has 5 heteroatoms. The number of carbonyl (C=O) groups excluding carboxylic acids is 1. The van der Waals surface area contributed by atoms with Crippen molar-refractivity contribution in [3.8, 4) is 0 Å². The highest BCUT2D eigenvalue weighted by molar-refractivity contribution is 9.10. The average molecular weight is 357 g/mol. The van der Waals surface area contributed by atoms with Gasteiger partial charge in [0.2, 0.25) is 0 Å². The molecule has 0 spiro atoms. The van der Waals surface area contributed by atoms with Crippen molar-refractivity contribution in [1.82, 2.24) is 5.32 Å². The fourth-order valence-corrected chi connectivity index (χ4v) is 2.25. The second kappa shape index (κ2) is 6.86. The Labute approximate surface area is 130 Å². The minimum Gasteiger partial charge on any atom is -0.352 e. The predicted octanol–water partition coefficient (Wildman–Crippen LogP) is 4.21. The second-order valence-electron chi connectivity index (χ2n) is 4.23. The summed E-state index contributed by atoms with van der Waals surface area (Å²) in [4.78, 5) is 11.9. The summed E-state index contributed by atoms with van der Waals surface area (Å²) in [5, 5.41) is 3.30. The molecule has 0 aliphatic heterocycles. The van der Waals surface area contributed by atoms with E-state index in [0.717, 1.165) is 0 Å². The lowest BCUT2D eigenvalue weighted by molar-refractivity contribution is 0.0954. The van der Waals surface area contributed by atoms with E-state index in [0.29, 0.717) is 33.6 Å². The summed E-state index contributed by atoms with van der Waals surface area (Å²) in [5.41, 5.74) is 1.10. The molecule has 2 nitrogen and oxygen atoms in total. The number of hydrogen-bond acceptors (Lipinski definition) is 1. The minimum absolute atomic E-state index is 0.210. The van der Waals surface area contributed by atoms with Crippen LogP contribution < -0.4 is 5.32 Å². The van der Waals surface area contributed by atoms with Crippen LogP contribution in [0.1, 0.15) is 15.9 Å². The van der Waals surface area contributed by atoms with Gasteiger partial charge in [0, 0.05) is 16.6 Å². The first-order chi connectivity index (χ1) is 9.58. The third kappa shape index (κ3) is 3.81. The molecule has 2 aromatic rings. The topological polar surface area (TPSA) is 29.1 Å². The third-order valence-corrected chi connectivity index (χ3v) is 4.03. The standard InChI is InChI=1S/C15H12BrClFNO/c16-12-9-11(5-6-13(12)17)15(20)19-8-7-10-3-1-2-4-14(10)18/h1-6,9H,7-8H2,(H,19,20). The smallest absolute Gasteiger partial charge is 0.251 e. The molecule has 0 bridgehead atoms. The van der Waals surface area contributed by atoms with E-state index in [9.17, 15) is 9.18 Å². The van der Waals surface area contributed by atoms with Gasteiger partial charge in [0.25, 0.3) is 5.91 Å². The summed E-state index contributed by atoms with van der Waals surface area (Å²) in [6, 6.07) is 11.5. The number of halogens is 3. The summed E-state index contributed by atoms with van der Waals surface area (Å²) in [5.74, 6) is -0.463. The molecule has 1 N–H and O–H groups in total. The molecule has 2 aromatic carbocycles. The predicted molar refractivity (Wildman–Crippen MR) is 81.6 cm³/mol. The summed E-state index contributed by atoms with van der Waals surface area (Å²) < 4.78 is 14.1. The molecule has 0 radical (unpaired) electrons. The number of nitrogens with one attached hydrogen (secondary N) is 1. The molecule has 0 atom stereocenters. The highest BCUT2D eigenvalue weighted by atomic mass is 79.9. The molecule has 0 aliphatic carbocycles. The van der Waals surface area contributed by atoms with E-state index in [1.165, 1.54) is 6.07 Å². The first-order valence-electron chi connectivity index (χ1n) is 6.04. The van der Waals surface area contributed by atoms with Crippen molar-refractivity contribution in [1.29, 1.82) is 0 Å². The van der Waals surface area contributed by atoms with Crippen molar-refractivity contribution in [2.45, 2.75) is 6.42 Å². The van der Waals surface area contributed by atoms with Gasteiger partial charge in [-0.05, 0) is 52.2 Å². The zero-order valence-corrected chi connectivity index (χ0v) is 12.8. The van der Waals surface area contributed by atoms with Crippen LogP contribution in [0.2, 0.25) is 5.02 Å². The van der Waals surface area contributed by atoms with Crippen LogP contribution in [0.25, 0.3) is 0 Å². The highest BCUT2D eigenvalue weighted by Gasteiger charge is 2.08. The van der Waals surface area contributed by atoms with Gasteiger partial charge in [-0.3, -0.25) is 4.79 Å². The lowest BCUT2D eigenvalue weighted by atomic mass is 10.1. The number of rotatable bonds is 4. The number of carbonyl (C=O) groups is 1. The second-order valence-corrected chi connectivity index (χ2v) is 5.49. The van der Waals surface area contributed by atoms with Gasteiger partial charge in [0.15, 0.2) is 0 Å². The van der Waals surface area contributed by atoms with Crippen LogP contribution in [0, 0.1) is 5.82 Å². The van der Waals surface area contributed by atoms with Crippen molar-refractivity contribution in [3.63, 3.8) is 0 Å². The Hall–Kier alpha value is -1.39. The highest BCUT2D eigenvalue weighted by Crippen LogP contribution is 2.23. The molecule has 0 saturated carbocycles.